The van der Waals surface area contributed by atoms with Gasteiger partial charge >= 0.3 is 5.97 Å². The summed E-state index contributed by atoms with van der Waals surface area (Å²) in [6.07, 6.45) is -0.0133. The molecule has 1 aliphatic rings. The molecule has 5 heteroatoms. The maximum absolute atomic E-state index is 12.7. The van der Waals surface area contributed by atoms with Crippen molar-refractivity contribution >= 4 is 24.2 Å². The Hall–Kier alpha value is -2.33. The molecule has 0 unspecified atom stereocenters. The second kappa shape index (κ2) is 7.49. The first-order chi connectivity index (χ1) is 11.0. The fourth-order valence-corrected chi connectivity index (χ4v) is 2.63. The van der Waals surface area contributed by atoms with Gasteiger partial charge in [-0.1, -0.05) is 30.3 Å². The molecule has 0 bridgehead atoms. The Morgan fingerprint density at radius 1 is 1.17 bits per heavy atom. The van der Waals surface area contributed by atoms with Crippen molar-refractivity contribution in [2.75, 3.05) is 0 Å². The highest BCUT2D eigenvalue weighted by atomic mass is 35.5. The average Bonchev–Trinajstić information content (AvgIpc) is 2.65. The van der Waals surface area contributed by atoms with Crippen LogP contribution in [-0.2, 0) is 22.6 Å². The summed E-state index contributed by atoms with van der Waals surface area (Å²) in [5, 5.41) is 0. The molecule has 2 aromatic carbocycles. The first-order valence-corrected chi connectivity index (χ1v) is 7.62. The minimum Gasteiger partial charge on any atom is -0.488 e. The average molecular weight is 347 g/mol. The van der Waals surface area contributed by atoms with Crippen LogP contribution in [0.25, 0.3) is 0 Å². The zero-order valence-corrected chi connectivity index (χ0v) is 14.4. The minimum absolute atomic E-state index is 0. The maximum Gasteiger partial charge on any atom is 0.310 e. The van der Waals surface area contributed by atoms with Crippen molar-refractivity contribution in [3.8, 4) is 5.75 Å². The molecule has 0 radical (unpaired) electrons. The third kappa shape index (κ3) is 3.77. The van der Waals surface area contributed by atoms with Gasteiger partial charge in [-0.3, -0.25) is 9.59 Å². The molecule has 3 rings (SSSR count). The Bertz CT molecular complexity index is 768. The fraction of sp³-hybridized carbons (Fsp3) is 0.263. The number of carbonyl (C=O) groups excluding carboxylic acids is 2. The number of carbonyl (C=O) groups is 2. The SMILES string of the molecule is CC(C)OC(=O)Cc1ccc2c(c1)C(=O)c1ccccc1CO2.Cl. The molecule has 2 aromatic rings. The molecule has 4 nitrogen and oxygen atoms in total. The summed E-state index contributed by atoms with van der Waals surface area (Å²) in [5.41, 5.74) is 2.75. The van der Waals surface area contributed by atoms with E-state index in [1.54, 1.807) is 24.3 Å². The van der Waals surface area contributed by atoms with Gasteiger partial charge in [-0.15, -0.1) is 12.4 Å². The van der Waals surface area contributed by atoms with Crippen LogP contribution in [0.5, 0.6) is 5.75 Å². The quantitative estimate of drug-likeness (QED) is 0.795. The van der Waals surface area contributed by atoms with Gasteiger partial charge in [-0.25, -0.2) is 0 Å². The third-order valence-corrected chi connectivity index (χ3v) is 3.65. The van der Waals surface area contributed by atoms with E-state index in [1.807, 2.05) is 32.0 Å². The van der Waals surface area contributed by atoms with Gasteiger partial charge in [0.2, 0.25) is 0 Å². The zero-order chi connectivity index (χ0) is 16.4. The van der Waals surface area contributed by atoms with E-state index in [1.165, 1.54) is 0 Å². The van der Waals surface area contributed by atoms with Gasteiger partial charge in [0.25, 0.3) is 0 Å². The highest BCUT2D eigenvalue weighted by Crippen LogP contribution is 2.29. The van der Waals surface area contributed by atoms with Gasteiger partial charge in [0.15, 0.2) is 5.78 Å². The molecular formula is C19H19ClO4. The van der Waals surface area contributed by atoms with E-state index >= 15 is 0 Å². The lowest BCUT2D eigenvalue weighted by Crippen LogP contribution is -2.14. The van der Waals surface area contributed by atoms with Crippen molar-refractivity contribution in [1.82, 2.24) is 0 Å². The van der Waals surface area contributed by atoms with Crippen molar-refractivity contribution in [2.24, 2.45) is 0 Å². The monoisotopic (exact) mass is 346 g/mol. The van der Waals surface area contributed by atoms with Gasteiger partial charge in [-0.2, -0.15) is 0 Å². The van der Waals surface area contributed by atoms with Crippen LogP contribution in [0, 0.1) is 0 Å². The van der Waals surface area contributed by atoms with E-state index in [4.69, 9.17) is 9.47 Å². The molecule has 0 saturated carbocycles. The summed E-state index contributed by atoms with van der Waals surface area (Å²) >= 11 is 0. The smallest absolute Gasteiger partial charge is 0.310 e. The highest BCUT2D eigenvalue weighted by Gasteiger charge is 2.22. The molecule has 0 fully saturated rings. The number of esters is 1. The number of hydrogen-bond donors (Lipinski definition) is 0. The fourth-order valence-electron chi connectivity index (χ4n) is 2.63. The molecular weight excluding hydrogens is 328 g/mol. The van der Waals surface area contributed by atoms with Crippen LogP contribution in [0.4, 0.5) is 0 Å². The standard InChI is InChI=1S/C19H18O4.ClH/c1-12(2)23-18(20)10-13-7-8-17-16(9-13)19(21)15-6-4-3-5-14(15)11-22-17;/h3-9,12H,10-11H2,1-2H3;1H. The first kappa shape index (κ1) is 18.0. The van der Waals surface area contributed by atoms with Crippen LogP contribution in [-0.4, -0.2) is 17.9 Å². The number of halogens is 1. The van der Waals surface area contributed by atoms with Crippen LogP contribution in [0.2, 0.25) is 0 Å². The Balaban J connectivity index is 0.00000208. The molecule has 0 amide bonds. The van der Waals surface area contributed by atoms with Gasteiger partial charge < -0.3 is 9.47 Å². The van der Waals surface area contributed by atoms with Crippen molar-refractivity contribution in [2.45, 2.75) is 33.0 Å². The van der Waals surface area contributed by atoms with E-state index in [9.17, 15) is 9.59 Å². The lowest BCUT2D eigenvalue weighted by atomic mass is 9.97. The highest BCUT2D eigenvalue weighted by molar-refractivity contribution is 6.12. The molecule has 0 atom stereocenters. The number of ketones is 1. The molecule has 0 N–H and O–H groups in total. The maximum atomic E-state index is 12.7. The van der Waals surface area contributed by atoms with Crippen molar-refractivity contribution in [1.29, 1.82) is 0 Å². The Morgan fingerprint density at radius 2 is 1.92 bits per heavy atom. The predicted octanol–water partition coefficient (Wildman–Crippen LogP) is 3.73. The van der Waals surface area contributed by atoms with E-state index < -0.39 is 0 Å². The van der Waals surface area contributed by atoms with Crippen LogP contribution in [0.15, 0.2) is 42.5 Å². The van der Waals surface area contributed by atoms with Gasteiger partial charge in [0.05, 0.1) is 18.1 Å². The molecule has 0 spiro atoms. The summed E-state index contributed by atoms with van der Waals surface area (Å²) in [7, 11) is 0. The number of ether oxygens (including phenoxy) is 2. The lowest BCUT2D eigenvalue weighted by Gasteiger charge is -2.10. The number of fused-ring (bicyclic) bond motifs is 2. The molecule has 126 valence electrons. The van der Waals surface area contributed by atoms with E-state index in [2.05, 4.69) is 0 Å². The molecule has 0 aromatic heterocycles. The topological polar surface area (TPSA) is 52.6 Å². The molecule has 24 heavy (non-hydrogen) atoms. The number of hydrogen-bond acceptors (Lipinski definition) is 4. The van der Waals surface area contributed by atoms with Crippen molar-refractivity contribution in [3.63, 3.8) is 0 Å². The van der Waals surface area contributed by atoms with Crippen molar-refractivity contribution in [3.05, 3.63) is 64.7 Å². The van der Waals surface area contributed by atoms with Crippen LogP contribution < -0.4 is 4.74 Å². The number of rotatable bonds is 3. The summed E-state index contributed by atoms with van der Waals surface area (Å²) in [6, 6.07) is 12.7. The Morgan fingerprint density at radius 3 is 2.67 bits per heavy atom. The van der Waals surface area contributed by atoms with E-state index in [0.717, 1.165) is 11.1 Å². The second-order valence-corrected chi connectivity index (χ2v) is 5.82. The predicted molar refractivity (Wildman–Crippen MR) is 92.8 cm³/mol. The second-order valence-electron chi connectivity index (χ2n) is 5.82. The molecule has 1 heterocycles. The third-order valence-electron chi connectivity index (χ3n) is 3.65. The van der Waals surface area contributed by atoms with Gasteiger partial charge in [0, 0.05) is 11.1 Å². The van der Waals surface area contributed by atoms with E-state index in [-0.39, 0.29) is 36.7 Å². The minimum atomic E-state index is -0.303. The van der Waals surface area contributed by atoms with Gasteiger partial charge in [0.1, 0.15) is 12.4 Å². The first-order valence-electron chi connectivity index (χ1n) is 7.62. The summed E-state index contributed by atoms with van der Waals surface area (Å²) in [5.74, 6) is 0.168. The Kier molecular flexibility index (Phi) is 5.62. The van der Waals surface area contributed by atoms with Gasteiger partial charge in [-0.05, 0) is 31.5 Å². The Labute approximate surface area is 147 Å². The largest absolute Gasteiger partial charge is 0.488 e. The van der Waals surface area contributed by atoms with Crippen LogP contribution in [0.3, 0.4) is 0 Å². The molecule has 0 aliphatic carbocycles. The number of benzene rings is 2. The van der Waals surface area contributed by atoms with E-state index in [0.29, 0.717) is 23.5 Å². The van der Waals surface area contributed by atoms with Crippen molar-refractivity contribution < 1.29 is 19.1 Å². The molecule has 0 saturated heterocycles. The lowest BCUT2D eigenvalue weighted by molar-refractivity contribution is -0.146. The normalized spacial score (nSPS) is 12.4. The summed E-state index contributed by atoms with van der Waals surface area (Å²) in [6.45, 7) is 3.98. The van der Waals surface area contributed by atoms with Crippen LogP contribution >= 0.6 is 12.4 Å². The van der Waals surface area contributed by atoms with Crippen LogP contribution in [0.1, 0.15) is 40.9 Å². The summed E-state index contributed by atoms with van der Waals surface area (Å²) in [4.78, 5) is 24.5. The zero-order valence-electron chi connectivity index (χ0n) is 13.6. The molecule has 1 aliphatic heterocycles. The summed E-state index contributed by atoms with van der Waals surface area (Å²) < 4.78 is 10.9.